The maximum Gasteiger partial charge on any atom is 0.119 e. The maximum absolute atomic E-state index is 8.45. The summed E-state index contributed by atoms with van der Waals surface area (Å²) >= 11 is 0. The molecule has 0 aliphatic heterocycles. The Morgan fingerprint density at radius 3 is 2.54 bits per heavy atom. The van der Waals surface area contributed by atoms with E-state index >= 15 is 0 Å². The molecule has 0 amide bonds. The molecule has 0 saturated heterocycles. The topological polar surface area (TPSA) is 41.5 Å². The molecule has 0 aliphatic rings. The van der Waals surface area contributed by atoms with Gasteiger partial charge >= 0.3 is 0 Å². The van der Waals surface area contributed by atoms with Gasteiger partial charge in [0.05, 0.1) is 6.61 Å². The molecule has 72 valence electrons. The molecule has 0 bridgehead atoms. The third kappa shape index (κ3) is 3.44. The fraction of sp³-hybridized carbons (Fsp3) is 0.400. The molecule has 0 heterocycles. The molecule has 0 aliphatic carbocycles. The number of benzene rings is 1. The van der Waals surface area contributed by atoms with Gasteiger partial charge in [0.2, 0.25) is 0 Å². The SMILES string of the molecule is CCCOc1ccc(CNO)cc1. The summed E-state index contributed by atoms with van der Waals surface area (Å²) in [4.78, 5) is 0. The normalized spacial score (nSPS) is 10.0. The van der Waals surface area contributed by atoms with Crippen LogP contribution in [0, 0.1) is 0 Å². The molecule has 1 rings (SSSR count). The molecule has 2 N–H and O–H groups in total. The summed E-state index contributed by atoms with van der Waals surface area (Å²) in [6, 6.07) is 7.66. The van der Waals surface area contributed by atoms with Crippen molar-refractivity contribution in [3.05, 3.63) is 29.8 Å². The van der Waals surface area contributed by atoms with Crippen LogP contribution in [0.2, 0.25) is 0 Å². The van der Waals surface area contributed by atoms with Gasteiger partial charge in [0.1, 0.15) is 5.75 Å². The molecule has 0 aromatic heterocycles. The Hall–Kier alpha value is -1.06. The minimum atomic E-state index is 0.466. The van der Waals surface area contributed by atoms with Crippen LogP contribution in [0.25, 0.3) is 0 Å². The zero-order valence-electron chi connectivity index (χ0n) is 7.79. The summed E-state index contributed by atoms with van der Waals surface area (Å²) in [5.41, 5.74) is 3.14. The molecule has 0 atom stereocenters. The van der Waals surface area contributed by atoms with Crippen molar-refractivity contribution in [3.63, 3.8) is 0 Å². The second-order valence-electron chi connectivity index (χ2n) is 2.83. The molecule has 13 heavy (non-hydrogen) atoms. The van der Waals surface area contributed by atoms with E-state index in [-0.39, 0.29) is 0 Å². The van der Waals surface area contributed by atoms with Crippen molar-refractivity contribution >= 4 is 0 Å². The molecular formula is C10H15NO2. The van der Waals surface area contributed by atoms with Crippen LogP contribution in [0.15, 0.2) is 24.3 Å². The fourth-order valence-corrected chi connectivity index (χ4v) is 1.01. The predicted octanol–water partition coefficient (Wildman–Crippen LogP) is 1.95. The Morgan fingerprint density at radius 2 is 2.00 bits per heavy atom. The molecule has 1 aromatic carbocycles. The highest BCUT2D eigenvalue weighted by atomic mass is 16.5. The quantitative estimate of drug-likeness (QED) is 0.682. The van der Waals surface area contributed by atoms with Crippen LogP contribution in [0.4, 0.5) is 0 Å². The van der Waals surface area contributed by atoms with Gasteiger partial charge < -0.3 is 9.94 Å². The van der Waals surface area contributed by atoms with Gasteiger partial charge in [-0.1, -0.05) is 19.1 Å². The highest BCUT2D eigenvalue weighted by molar-refractivity contribution is 5.27. The second kappa shape index (κ2) is 5.56. The summed E-state index contributed by atoms with van der Waals surface area (Å²) in [5, 5.41) is 8.45. The van der Waals surface area contributed by atoms with E-state index in [0.717, 1.165) is 24.3 Å². The summed E-state index contributed by atoms with van der Waals surface area (Å²) in [6.45, 7) is 3.29. The van der Waals surface area contributed by atoms with E-state index in [2.05, 4.69) is 12.4 Å². The van der Waals surface area contributed by atoms with Crippen LogP contribution in [-0.2, 0) is 6.54 Å². The van der Waals surface area contributed by atoms with Crippen LogP contribution >= 0.6 is 0 Å². The van der Waals surface area contributed by atoms with Crippen molar-refractivity contribution in [2.45, 2.75) is 19.9 Å². The van der Waals surface area contributed by atoms with E-state index in [9.17, 15) is 0 Å². The molecule has 0 saturated carbocycles. The lowest BCUT2D eigenvalue weighted by molar-refractivity contribution is 0.161. The van der Waals surface area contributed by atoms with E-state index in [0.29, 0.717) is 6.54 Å². The Balaban J connectivity index is 2.48. The van der Waals surface area contributed by atoms with Gasteiger partial charge in [-0.15, -0.1) is 0 Å². The van der Waals surface area contributed by atoms with E-state index in [1.807, 2.05) is 24.3 Å². The largest absolute Gasteiger partial charge is 0.494 e. The van der Waals surface area contributed by atoms with Gasteiger partial charge in [-0.05, 0) is 24.1 Å². The molecule has 0 radical (unpaired) electrons. The average Bonchev–Trinajstić information content (AvgIpc) is 2.17. The van der Waals surface area contributed by atoms with Gasteiger partial charge in [-0.25, -0.2) is 5.48 Å². The molecule has 1 aromatic rings. The van der Waals surface area contributed by atoms with Gasteiger partial charge in [-0.2, -0.15) is 0 Å². The van der Waals surface area contributed by atoms with Crippen LogP contribution in [-0.4, -0.2) is 11.8 Å². The van der Waals surface area contributed by atoms with E-state index < -0.39 is 0 Å². The number of ether oxygens (including phenoxy) is 1. The first-order valence-corrected chi connectivity index (χ1v) is 4.45. The first-order chi connectivity index (χ1) is 6.36. The molecule has 3 heteroatoms. The average molecular weight is 181 g/mol. The number of hydrogen-bond donors (Lipinski definition) is 2. The molecule has 0 spiro atoms. The minimum absolute atomic E-state index is 0.466. The molecular weight excluding hydrogens is 166 g/mol. The molecule has 0 fully saturated rings. The standard InChI is InChI=1S/C10H15NO2/c1-2-7-13-10-5-3-9(4-6-10)8-11-12/h3-6,11-12H,2,7-8H2,1H3. The third-order valence-corrected chi connectivity index (χ3v) is 1.68. The van der Waals surface area contributed by atoms with Crippen molar-refractivity contribution in [1.82, 2.24) is 5.48 Å². The number of hydroxylamine groups is 1. The zero-order valence-corrected chi connectivity index (χ0v) is 7.79. The molecule has 3 nitrogen and oxygen atoms in total. The highest BCUT2D eigenvalue weighted by Crippen LogP contribution is 2.11. The minimum Gasteiger partial charge on any atom is -0.494 e. The second-order valence-corrected chi connectivity index (χ2v) is 2.83. The summed E-state index contributed by atoms with van der Waals surface area (Å²) in [6.07, 6.45) is 1.01. The monoisotopic (exact) mass is 181 g/mol. The highest BCUT2D eigenvalue weighted by Gasteiger charge is 1.93. The van der Waals surface area contributed by atoms with Crippen molar-refractivity contribution in [2.75, 3.05) is 6.61 Å². The van der Waals surface area contributed by atoms with Crippen molar-refractivity contribution in [3.8, 4) is 5.75 Å². The van der Waals surface area contributed by atoms with Gasteiger partial charge in [-0.3, -0.25) is 0 Å². The van der Waals surface area contributed by atoms with Gasteiger partial charge in [0.25, 0.3) is 0 Å². The van der Waals surface area contributed by atoms with Crippen LogP contribution < -0.4 is 10.2 Å². The smallest absolute Gasteiger partial charge is 0.119 e. The summed E-state index contributed by atoms with van der Waals surface area (Å²) < 4.78 is 5.41. The first kappa shape index (κ1) is 10.0. The van der Waals surface area contributed by atoms with E-state index in [4.69, 9.17) is 9.94 Å². The fourth-order valence-electron chi connectivity index (χ4n) is 1.01. The van der Waals surface area contributed by atoms with Crippen LogP contribution in [0.3, 0.4) is 0 Å². The Labute approximate surface area is 78.3 Å². The number of rotatable bonds is 5. The Bertz CT molecular complexity index is 233. The third-order valence-electron chi connectivity index (χ3n) is 1.68. The Kier molecular flexibility index (Phi) is 4.29. The van der Waals surface area contributed by atoms with Crippen molar-refractivity contribution < 1.29 is 9.94 Å². The summed E-state index contributed by atoms with van der Waals surface area (Å²) in [5.74, 6) is 0.878. The van der Waals surface area contributed by atoms with E-state index in [1.54, 1.807) is 0 Å². The van der Waals surface area contributed by atoms with Crippen molar-refractivity contribution in [1.29, 1.82) is 0 Å². The summed E-state index contributed by atoms with van der Waals surface area (Å²) in [7, 11) is 0. The van der Waals surface area contributed by atoms with Gasteiger partial charge in [0, 0.05) is 6.54 Å². The number of hydrogen-bond acceptors (Lipinski definition) is 3. The van der Waals surface area contributed by atoms with Crippen LogP contribution in [0.1, 0.15) is 18.9 Å². The number of nitrogens with one attached hydrogen (secondary N) is 1. The maximum atomic E-state index is 8.45. The van der Waals surface area contributed by atoms with Crippen molar-refractivity contribution in [2.24, 2.45) is 0 Å². The van der Waals surface area contributed by atoms with E-state index in [1.165, 1.54) is 0 Å². The zero-order chi connectivity index (χ0) is 9.52. The predicted molar refractivity (Wildman–Crippen MR) is 50.9 cm³/mol. The Morgan fingerprint density at radius 1 is 1.31 bits per heavy atom. The van der Waals surface area contributed by atoms with Crippen LogP contribution in [0.5, 0.6) is 5.75 Å². The van der Waals surface area contributed by atoms with Gasteiger partial charge in [0.15, 0.2) is 0 Å². The first-order valence-electron chi connectivity index (χ1n) is 4.45. The molecule has 0 unspecified atom stereocenters. The lowest BCUT2D eigenvalue weighted by Crippen LogP contribution is -2.05. The lowest BCUT2D eigenvalue weighted by atomic mass is 10.2. The lowest BCUT2D eigenvalue weighted by Gasteiger charge is -2.05.